The molecule has 104 valence electrons. The van der Waals surface area contributed by atoms with Gasteiger partial charge in [-0.05, 0) is 31.1 Å². The minimum absolute atomic E-state index is 0.0900. The number of nitrogens with zero attached hydrogens (tertiary/aromatic N) is 1. The average Bonchev–Trinajstić information content (AvgIpc) is 2.81. The Morgan fingerprint density at radius 1 is 1.39 bits per heavy atom. The summed E-state index contributed by atoms with van der Waals surface area (Å²) in [7, 11) is 1.96. The molecule has 0 radical (unpaired) electrons. The summed E-state index contributed by atoms with van der Waals surface area (Å²) < 4.78 is 0. The third-order valence-electron chi connectivity index (χ3n) is 4.82. The monoisotopic (exact) mass is 252 g/mol. The van der Waals surface area contributed by atoms with Crippen LogP contribution in [-0.2, 0) is 4.79 Å². The molecule has 4 atom stereocenters. The van der Waals surface area contributed by atoms with Crippen molar-refractivity contribution in [1.29, 1.82) is 0 Å². The highest BCUT2D eigenvalue weighted by atomic mass is 16.2. The highest BCUT2D eigenvalue weighted by molar-refractivity contribution is 5.82. The highest BCUT2D eigenvalue weighted by Crippen LogP contribution is 2.33. The van der Waals surface area contributed by atoms with Crippen molar-refractivity contribution in [2.45, 2.75) is 64.5 Å². The topological polar surface area (TPSA) is 32.3 Å². The number of hydrogen-bond donors (Lipinski definition) is 1. The summed E-state index contributed by atoms with van der Waals surface area (Å²) >= 11 is 0. The van der Waals surface area contributed by atoms with E-state index in [2.05, 4.69) is 19.2 Å². The van der Waals surface area contributed by atoms with Crippen LogP contribution < -0.4 is 5.32 Å². The summed E-state index contributed by atoms with van der Waals surface area (Å²) in [6.07, 6.45) is 7.47. The summed E-state index contributed by atoms with van der Waals surface area (Å²) in [4.78, 5) is 14.3. The molecule has 0 aromatic rings. The lowest BCUT2D eigenvalue weighted by Crippen LogP contribution is -2.45. The SMILES string of the molecule is CCC(C)CN(C)C(=O)C1CC2CCCCC2N1. The maximum Gasteiger partial charge on any atom is 0.239 e. The quantitative estimate of drug-likeness (QED) is 0.833. The van der Waals surface area contributed by atoms with Crippen LogP contribution in [0.3, 0.4) is 0 Å². The maximum atomic E-state index is 12.4. The molecule has 1 N–H and O–H groups in total. The second-order valence-corrected chi connectivity index (χ2v) is 6.34. The van der Waals surface area contributed by atoms with Crippen LogP contribution >= 0.6 is 0 Å². The molecule has 2 rings (SSSR count). The number of rotatable bonds is 4. The van der Waals surface area contributed by atoms with Crippen LogP contribution in [0, 0.1) is 11.8 Å². The molecule has 0 spiro atoms. The Morgan fingerprint density at radius 3 is 2.78 bits per heavy atom. The minimum atomic E-state index is 0.0900. The van der Waals surface area contributed by atoms with Crippen LogP contribution in [-0.4, -0.2) is 36.5 Å². The van der Waals surface area contributed by atoms with Gasteiger partial charge in [0.2, 0.25) is 5.91 Å². The molecule has 2 fully saturated rings. The zero-order chi connectivity index (χ0) is 13.1. The van der Waals surface area contributed by atoms with Gasteiger partial charge < -0.3 is 10.2 Å². The lowest BCUT2D eigenvalue weighted by Gasteiger charge is -2.25. The van der Waals surface area contributed by atoms with Gasteiger partial charge in [-0.2, -0.15) is 0 Å². The van der Waals surface area contributed by atoms with E-state index in [9.17, 15) is 4.79 Å². The normalized spacial score (nSPS) is 32.9. The number of carbonyl (C=O) groups excluding carboxylic acids is 1. The first-order chi connectivity index (χ1) is 8.61. The van der Waals surface area contributed by atoms with Crippen LogP contribution in [0.25, 0.3) is 0 Å². The molecule has 4 unspecified atom stereocenters. The van der Waals surface area contributed by atoms with Gasteiger partial charge >= 0.3 is 0 Å². The van der Waals surface area contributed by atoms with Crippen molar-refractivity contribution in [3.8, 4) is 0 Å². The zero-order valence-electron chi connectivity index (χ0n) is 12.1. The van der Waals surface area contributed by atoms with E-state index in [4.69, 9.17) is 0 Å². The Labute approximate surface area is 111 Å². The molecule has 1 aliphatic carbocycles. The molecule has 0 aromatic carbocycles. The fourth-order valence-corrected chi connectivity index (χ4v) is 3.46. The number of nitrogens with one attached hydrogen (secondary N) is 1. The smallest absolute Gasteiger partial charge is 0.239 e. The Bertz CT molecular complexity index is 278. The first-order valence-corrected chi connectivity index (χ1v) is 7.62. The molecule has 2 aliphatic rings. The van der Waals surface area contributed by atoms with E-state index in [0.29, 0.717) is 17.9 Å². The summed E-state index contributed by atoms with van der Waals surface area (Å²) in [6.45, 7) is 5.29. The predicted molar refractivity (Wildman–Crippen MR) is 74.4 cm³/mol. The number of amides is 1. The molecule has 3 heteroatoms. The zero-order valence-corrected chi connectivity index (χ0v) is 12.1. The molecule has 1 aliphatic heterocycles. The van der Waals surface area contributed by atoms with Crippen molar-refractivity contribution in [3.63, 3.8) is 0 Å². The maximum absolute atomic E-state index is 12.4. The molecular formula is C15H28N2O. The van der Waals surface area contributed by atoms with Gasteiger partial charge in [-0.1, -0.05) is 33.1 Å². The molecule has 3 nitrogen and oxygen atoms in total. The van der Waals surface area contributed by atoms with E-state index < -0.39 is 0 Å². The first kappa shape index (κ1) is 13.9. The van der Waals surface area contributed by atoms with Crippen molar-refractivity contribution in [2.75, 3.05) is 13.6 Å². The molecular weight excluding hydrogens is 224 g/mol. The van der Waals surface area contributed by atoms with E-state index >= 15 is 0 Å². The van der Waals surface area contributed by atoms with Crippen molar-refractivity contribution in [3.05, 3.63) is 0 Å². The molecule has 1 amide bonds. The number of carbonyl (C=O) groups is 1. The van der Waals surface area contributed by atoms with E-state index in [1.165, 1.54) is 25.7 Å². The molecule has 1 saturated carbocycles. The molecule has 0 bridgehead atoms. The molecule has 18 heavy (non-hydrogen) atoms. The van der Waals surface area contributed by atoms with E-state index in [1.54, 1.807) is 0 Å². The lowest BCUT2D eigenvalue weighted by atomic mass is 9.85. The number of fused-ring (bicyclic) bond motifs is 1. The largest absolute Gasteiger partial charge is 0.344 e. The van der Waals surface area contributed by atoms with E-state index in [1.807, 2.05) is 11.9 Å². The van der Waals surface area contributed by atoms with Gasteiger partial charge in [0.1, 0.15) is 0 Å². The summed E-state index contributed by atoms with van der Waals surface area (Å²) in [5, 5.41) is 3.57. The average molecular weight is 252 g/mol. The Hall–Kier alpha value is -0.570. The third-order valence-corrected chi connectivity index (χ3v) is 4.82. The fourth-order valence-electron chi connectivity index (χ4n) is 3.46. The van der Waals surface area contributed by atoms with Crippen LogP contribution in [0.15, 0.2) is 0 Å². The lowest BCUT2D eigenvalue weighted by molar-refractivity contribution is -0.132. The van der Waals surface area contributed by atoms with Crippen LogP contribution in [0.4, 0.5) is 0 Å². The van der Waals surface area contributed by atoms with Gasteiger partial charge in [0.05, 0.1) is 6.04 Å². The summed E-state index contributed by atoms with van der Waals surface area (Å²) in [5.74, 6) is 1.66. The third kappa shape index (κ3) is 3.05. The molecule has 0 aromatic heterocycles. The number of hydrogen-bond acceptors (Lipinski definition) is 2. The van der Waals surface area contributed by atoms with Gasteiger partial charge in [0.25, 0.3) is 0 Å². The molecule has 1 saturated heterocycles. The van der Waals surface area contributed by atoms with E-state index in [0.717, 1.165) is 25.3 Å². The predicted octanol–water partition coefficient (Wildman–Crippen LogP) is 2.41. The second-order valence-electron chi connectivity index (χ2n) is 6.34. The van der Waals surface area contributed by atoms with Crippen LogP contribution in [0.2, 0.25) is 0 Å². The second kappa shape index (κ2) is 6.05. The van der Waals surface area contributed by atoms with Gasteiger partial charge in [0.15, 0.2) is 0 Å². The van der Waals surface area contributed by atoms with E-state index in [-0.39, 0.29) is 6.04 Å². The highest BCUT2D eigenvalue weighted by Gasteiger charge is 2.39. The Kier molecular flexibility index (Phi) is 4.66. The first-order valence-electron chi connectivity index (χ1n) is 7.62. The summed E-state index contributed by atoms with van der Waals surface area (Å²) in [5.41, 5.74) is 0. The van der Waals surface area contributed by atoms with Crippen LogP contribution in [0.1, 0.15) is 52.4 Å². The fraction of sp³-hybridized carbons (Fsp3) is 0.933. The van der Waals surface area contributed by atoms with Crippen molar-refractivity contribution < 1.29 is 4.79 Å². The van der Waals surface area contributed by atoms with Crippen molar-refractivity contribution >= 4 is 5.91 Å². The van der Waals surface area contributed by atoms with Crippen molar-refractivity contribution in [1.82, 2.24) is 10.2 Å². The van der Waals surface area contributed by atoms with Gasteiger partial charge in [-0.3, -0.25) is 4.79 Å². The van der Waals surface area contributed by atoms with Crippen molar-refractivity contribution in [2.24, 2.45) is 11.8 Å². The van der Waals surface area contributed by atoms with Gasteiger partial charge in [0, 0.05) is 19.6 Å². The van der Waals surface area contributed by atoms with Gasteiger partial charge in [-0.15, -0.1) is 0 Å². The van der Waals surface area contributed by atoms with Gasteiger partial charge in [-0.25, -0.2) is 0 Å². The minimum Gasteiger partial charge on any atom is -0.344 e. The molecule has 1 heterocycles. The summed E-state index contributed by atoms with van der Waals surface area (Å²) in [6, 6.07) is 0.705. The standard InChI is InChI=1S/C15H28N2O/c1-4-11(2)10-17(3)15(18)14-9-12-7-5-6-8-13(12)16-14/h11-14,16H,4-10H2,1-3H3. The number of likely N-dealkylation sites (N-methyl/N-ethyl adjacent to an activating group) is 1. The Morgan fingerprint density at radius 2 is 2.11 bits per heavy atom. The Balaban J connectivity index is 1.86. The van der Waals surface area contributed by atoms with Crippen LogP contribution in [0.5, 0.6) is 0 Å².